The molecule has 0 saturated heterocycles. The van der Waals surface area contributed by atoms with E-state index < -0.39 is 30.6 Å². The summed E-state index contributed by atoms with van der Waals surface area (Å²) in [5, 5.41) is 4.22. The molecule has 1 spiro atoms. The SMILES string of the molecule is COP(=O)(OC)C1=NNC2(C(=O)c3ccccc3C2=O)C1c1ccc(-c2ccccc2)cc1. The van der Waals surface area contributed by atoms with Crippen molar-refractivity contribution in [3.05, 3.63) is 95.6 Å². The molecular formula is C25H21N2O5P. The van der Waals surface area contributed by atoms with Gasteiger partial charge in [0, 0.05) is 25.3 Å². The van der Waals surface area contributed by atoms with Crippen molar-refractivity contribution in [3.8, 4) is 11.1 Å². The van der Waals surface area contributed by atoms with E-state index in [1.54, 1.807) is 24.3 Å². The van der Waals surface area contributed by atoms with Gasteiger partial charge in [-0.3, -0.25) is 19.6 Å². The van der Waals surface area contributed by atoms with Gasteiger partial charge in [0.15, 0.2) is 22.6 Å². The quantitative estimate of drug-likeness (QED) is 0.440. The molecule has 166 valence electrons. The monoisotopic (exact) mass is 460 g/mol. The molecule has 1 N–H and O–H groups in total. The van der Waals surface area contributed by atoms with Gasteiger partial charge in [-0.15, -0.1) is 0 Å². The van der Waals surface area contributed by atoms with Gasteiger partial charge in [0.25, 0.3) is 0 Å². The summed E-state index contributed by atoms with van der Waals surface area (Å²) in [7, 11) is -1.36. The zero-order valence-electron chi connectivity index (χ0n) is 18.0. The minimum atomic E-state index is -3.86. The second-order valence-electron chi connectivity index (χ2n) is 7.88. The summed E-state index contributed by atoms with van der Waals surface area (Å²) in [6, 6.07) is 23.9. The lowest BCUT2D eigenvalue weighted by atomic mass is 9.77. The second-order valence-corrected chi connectivity index (χ2v) is 10.1. The zero-order chi connectivity index (χ0) is 23.2. The Hall–Kier alpha value is -3.38. The van der Waals surface area contributed by atoms with E-state index in [-0.39, 0.29) is 5.45 Å². The number of hydrogen-bond acceptors (Lipinski definition) is 7. The van der Waals surface area contributed by atoms with Gasteiger partial charge in [-0.05, 0) is 16.7 Å². The van der Waals surface area contributed by atoms with Crippen molar-refractivity contribution in [1.29, 1.82) is 0 Å². The number of Topliss-reactive ketones (excluding diaryl/α,β-unsaturated/α-hetero) is 2. The molecule has 1 atom stereocenters. The molecule has 8 heteroatoms. The van der Waals surface area contributed by atoms with E-state index in [1.807, 2.05) is 54.6 Å². The molecule has 0 fully saturated rings. The highest BCUT2D eigenvalue weighted by Crippen LogP contribution is 2.58. The first-order valence-electron chi connectivity index (χ1n) is 10.4. The Morgan fingerprint density at radius 3 is 1.85 bits per heavy atom. The lowest BCUT2D eigenvalue weighted by Gasteiger charge is -2.29. The van der Waals surface area contributed by atoms with E-state index in [0.29, 0.717) is 16.7 Å². The first kappa shape index (κ1) is 21.5. The summed E-state index contributed by atoms with van der Waals surface area (Å²) >= 11 is 0. The van der Waals surface area contributed by atoms with Gasteiger partial charge in [-0.2, -0.15) is 5.10 Å². The molecule has 0 radical (unpaired) electrons. The Morgan fingerprint density at radius 2 is 1.30 bits per heavy atom. The summed E-state index contributed by atoms with van der Waals surface area (Å²) < 4.78 is 23.8. The predicted octanol–water partition coefficient (Wildman–Crippen LogP) is 4.66. The molecule has 3 aromatic rings. The van der Waals surface area contributed by atoms with Crippen LogP contribution in [0.5, 0.6) is 0 Å². The van der Waals surface area contributed by atoms with E-state index in [2.05, 4.69) is 10.5 Å². The number of carbonyl (C=O) groups is 2. The van der Waals surface area contributed by atoms with Crippen LogP contribution in [0.3, 0.4) is 0 Å². The molecule has 1 unspecified atom stereocenters. The van der Waals surface area contributed by atoms with Crippen molar-refractivity contribution in [1.82, 2.24) is 5.43 Å². The summed E-state index contributed by atoms with van der Waals surface area (Å²) in [6.45, 7) is 0. The molecule has 3 aromatic carbocycles. The van der Waals surface area contributed by atoms with Crippen LogP contribution in [0.1, 0.15) is 32.2 Å². The number of benzene rings is 3. The number of ketones is 2. The van der Waals surface area contributed by atoms with Gasteiger partial charge in [0.05, 0.1) is 5.92 Å². The lowest BCUT2D eigenvalue weighted by molar-refractivity contribution is 0.0761. The molecule has 0 amide bonds. The average Bonchev–Trinajstić information content (AvgIpc) is 3.38. The number of fused-ring (bicyclic) bond motifs is 1. The van der Waals surface area contributed by atoms with Crippen LogP contribution in [-0.2, 0) is 13.6 Å². The molecule has 5 rings (SSSR count). The van der Waals surface area contributed by atoms with Crippen LogP contribution in [-0.4, -0.2) is 36.8 Å². The van der Waals surface area contributed by atoms with Gasteiger partial charge < -0.3 is 9.05 Å². The molecule has 7 nitrogen and oxygen atoms in total. The highest BCUT2D eigenvalue weighted by atomic mass is 31.2. The van der Waals surface area contributed by atoms with Crippen molar-refractivity contribution >= 4 is 24.6 Å². The van der Waals surface area contributed by atoms with Gasteiger partial charge in [-0.25, -0.2) is 0 Å². The van der Waals surface area contributed by atoms with Crippen molar-refractivity contribution in [2.24, 2.45) is 5.10 Å². The summed E-state index contributed by atoms with van der Waals surface area (Å²) in [6.07, 6.45) is 0. The van der Waals surface area contributed by atoms with Crippen molar-refractivity contribution in [3.63, 3.8) is 0 Å². The lowest BCUT2D eigenvalue weighted by Crippen LogP contribution is -2.54. The largest absolute Gasteiger partial charge is 0.377 e. The molecule has 0 bridgehead atoms. The maximum atomic E-state index is 13.6. The van der Waals surface area contributed by atoms with Crippen LogP contribution >= 0.6 is 7.60 Å². The Balaban J connectivity index is 1.66. The van der Waals surface area contributed by atoms with Crippen LogP contribution in [0.25, 0.3) is 11.1 Å². The third-order valence-corrected chi connectivity index (χ3v) is 8.16. The van der Waals surface area contributed by atoms with Gasteiger partial charge in [0.2, 0.25) is 0 Å². The van der Waals surface area contributed by atoms with Crippen LogP contribution in [0.4, 0.5) is 0 Å². The highest BCUT2D eigenvalue weighted by Gasteiger charge is 2.65. The smallest absolute Gasteiger partial charge is 0.308 e. The molecule has 1 aliphatic heterocycles. The minimum Gasteiger partial charge on any atom is -0.308 e. The standard InChI is InChI=1S/C25H21N2O5P/c1-31-33(30,32-2)24-21(18-14-12-17(13-15-18)16-8-4-3-5-9-16)25(27-26-24)22(28)19-10-6-7-11-20(19)23(25)29/h3-15,21,27H,1-2H3. The third kappa shape index (κ3) is 3.04. The van der Waals surface area contributed by atoms with Crippen LogP contribution in [0.15, 0.2) is 84.0 Å². The first-order valence-corrected chi connectivity index (χ1v) is 11.9. The van der Waals surface area contributed by atoms with Gasteiger partial charge in [-0.1, -0.05) is 78.9 Å². The maximum absolute atomic E-state index is 13.6. The fraction of sp³-hybridized carbons (Fsp3) is 0.160. The van der Waals surface area contributed by atoms with Crippen LogP contribution in [0, 0.1) is 0 Å². The van der Waals surface area contributed by atoms with Crippen molar-refractivity contribution in [2.45, 2.75) is 11.5 Å². The fourth-order valence-corrected chi connectivity index (χ4v) is 5.97. The van der Waals surface area contributed by atoms with E-state index in [0.717, 1.165) is 11.1 Å². The molecule has 33 heavy (non-hydrogen) atoms. The number of hydrogen-bond donors (Lipinski definition) is 1. The summed E-state index contributed by atoms with van der Waals surface area (Å²) in [5.41, 5.74) is 4.20. The number of nitrogens with zero attached hydrogens (tertiary/aromatic N) is 1. The van der Waals surface area contributed by atoms with Gasteiger partial charge in [0.1, 0.15) is 0 Å². The summed E-state index contributed by atoms with van der Waals surface area (Å²) in [4.78, 5) is 27.2. The molecule has 0 aromatic heterocycles. The van der Waals surface area contributed by atoms with E-state index >= 15 is 0 Å². The number of nitrogens with one attached hydrogen (secondary N) is 1. The van der Waals surface area contributed by atoms with Crippen LogP contribution < -0.4 is 5.43 Å². The normalized spacial score (nSPS) is 18.8. The van der Waals surface area contributed by atoms with Crippen molar-refractivity contribution in [2.75, 3.05) is 14.2 Å². The predicted molar refractivity (Wildman–Crippen MR) is 125 cm³/mol. The van der Waals surface area contributed by atoms with Gasteiger partial charge >= 0.3 is 7.60 Å². The Morgan fingerprint density at radius 1 is 0.788 bits per heavy atom. The molecule has 0 saturated carbocycles. The van der Waals surface area contributed by atoms with Crippen LogP contribution in [0.2, 0.25) is 0 Å². The number of rotatable bonds is 5. The molecular weight excluding hydrogens is 439 g/mol. The van der Waals surface area contributed by atoms with E-state index in [4.69, 9.17) is 9.05 Å². The topological polar surface area (TPSA) is 94.1 Å². The fourth-order valence-electron chi connectivity index (χ4n) is 4.62. The first-order chi connectivity index (χ1) is 16.0. The average molecular weight is 460 g/mol. The highest BCUT2D eigenvalue weighted by molar-refractivity contribution is 7.72. The minimum absolute atomic E-state index is 0.00512. The molecule has 1 aliphatic carbocycles. The Labute approximate surface area is 191 Å². The second kappa shape index (κ2) is 7.89. The molecule has 1 heterocycles. The van der Waals surface area contributed by atoms with Crippen molar-refractivity contribution < 1.29 is 23.2 Å². The van der Waals surface area contributed by atoms with E-state index in [9.17, 15) is 14.2 Å². The third-order valence-electron chi connectivity index (χ3n) is 6.28. The van der Waals surface area contributed by atoms with E-state index in [1.165, 1.54) is 14.2 Å². The Bertz CT molecular complexity index is 1290. The Kier molecular flexibility index (Phi) is 5.13. The zero-order valence-corrected chi connectivity index (χ0v) is 18.9. The summed E-state index contributed by atoms with van der Waals surface area (Å²) in [5.74, 6) is -1.81. The number of hydrazone groups is 1. The maximum Gasteiger partial charge on any atom is 0.377 e. The molecule has 2 aliphatic rings. The number of carbonyl (C=O) groups excluding carboxylic acids is 2.